The van der Waals surface area contributed by atoms with Gasteiger partial charge < -0.3 is 9.84 Å². The quantitative estimate of drug-likeness (QED) is 0.594. The van der Waals surface area contributed by atoms with Gasteiger partial charge in [-0.15, -0.1) is 0 Å². The molecule has 3 heteroatoms. The monoisotopic (exact) mass is 169 g/mol. The zero-order valence-electron chi connectivity index (χ0n) is 7.69. The van der Waals surface area contributed by atoms with Crippen LogP contribution in [0, 0.1) is 23.2 Å². The van der Waals surface area contributed by atoms with Crippen LogP contribution in [-0.4, -0.2) is 23.4 Å². The molecule has 1 fully saturated rings. The van der Waals surface area contributed by atoms with E-state index in [2.05, 4.69) is 6.92 Å². The third-order valence-electron chi connectivity index (χ3n) is 2.90. The fraction of sp³-hybridized carbons (Fsp3) is 0.889. The second kappa shape index (κ2) is 3.42. The number of rotatable bonds is 1. The molecule has 0 bridgehead atoms. The number of nitrogens with zero attached hydrogens (tertiary/aromatic N) is 1. The van der Waals surface area contributed by atoms with Crippen LogP contribution < -0.4 is 0 Å². The zero-order valence-corrected chi connectivity index (χ0v) is 7.69. The fourth-order valence-electron chi connectivity index (χ4n) is 1.66. The number of ether oxygens (including phenoxy) is 1. The van der Waals surface area contributed by atoms with Gasteiger partial charge in [0.25, 0.3) is 0 Å². The first-order valence-electron chi connectivity index (χ1n) is 4.31. The van der Waals surface area contributed by atoms with E-state index in [0.29, 0.717) is 5.92 Å². The van der Waals surface area contributed by atoms with Gasteiger partial charge in [-0.2, -0.15) is 5.26 Å². The Morgan fingerprint density at radius 1 is 1.33 bits per heavy atom. The van der Waals surface area contributed by atoms with Crippen molar-refractivity contribution in [2.45, 2.75) is 39.1 Å². The Hall–Kier alpha value is -0.590. The summed E-state index contributed by atoms with van der Waals surface area (Å²) in [7, 11) is 0. The molecular weight excluding hydrogens is 154 g/mol. The van der Waals surface area contributed by atoms with E-state index in [0.717, 1.165) is 0 Å². The summed E-state index contributed by atoms with van der Waals surface area (Å²) in [4.78, 5) is 0. The summed E-state index contributed by atoms with van der Waals surface area (Å²) in [5.41, 5.74) is 0. The molecule has 68 valence electrons. The number of hydrogen-bond acceptors (Lipinski definition) is 3. The van der Waals surface area contributed by atoms with Crippen molar-refractivity contribution < 1.29 is 9.84 Å². The van der Waals surface area contributed by atoms with Crippen molar-refractivity contribution in [2.75, 3.05) is 0 Å². The van der Waals surface area contributed by atoms with Gasteiger partial charge >= 0.3 is 0 Å². The van der Waals surface area contributed by atoms with Gasteiger partial charge in [0.15, 0.2) is 6.10 Å². The van der Waals surface area contributed by atoms with Crippen LogP contribution in [0.5, 0.6) is 0 Å². The van der Waals surface area contributed by atoms with Crippen molar-refractivity contribution in [1.82, 2.24) is 0 Å². The van der Waals surface area contributed by atoms with Crippen LogP contribution in [0.25, 0.3) is 0 Å². The summed E-state index contributed by atoms with van der Waals surface area (Å²) in [5.74, 6) is 0.674. The molecule has 0 aromatic rings. The highest BCUT2D eigenvalue weighted by atomic mass is 16.5. The first-order chi connectivity index (χ1) is 5.57. The number of hydrogen-bond donors (Lipinski definition) is 1. The van der Waals surface area contributed by atoms with Crippen LogP contribution in [0.4, 0.5) is 0 Å². The van der Waals surface area contributed by atoms with Crippen molar-refractivity contribution in [3.8, 4) is 6.07 Å². The smallest absolute Gasteiger partial charge is 0.166 e. The summed E-state index contributed by atoms with van der Waals surface area (Å²) in [6.07, 6.45) is -1.14. The Morgan fingerprint density at radius 3 is 2.25 bits per heavy atom. The van der Waals surface area contributed by atoms with Crippen LogP contribution in [-0.2, 0) is 4.74 Å². The summed E-state index contributed by atoms with van der Waals surface area (Å²) >= 11 is 0. The molecule has 1 N–H and O–H groups in total. The maximum atomic E-state index is 9.28. The van der Waals surface area contributed by atoms with E-state index < -0.39 is 6.10 Å². The van der Waals surface area contributed by atoms with Crippen molar-refractivity contribution in [1.29, 1.82) is 5.26 Å². The van der Waals surface area contributed by atoms with Crippen molar-refractivity contribution >= 4 is 0 Å². The summed E-state index contributed by atoms with van der Waals surface area (Å²) in [6, 6.07) is 1.81. The molecule has 0 aromatic heterocycles. The number of aliphatic hydroxyl groups is 1. The molecule has 0 amide bonds. The molecule has 12 heavy (non-hydrogen) atoms. The minimum atomic E-state index is -0.979. The van der Waals surface area contributed by atoms with E-state index in [1.807, 2.05) is 19.9 Å². The molecular formula is C9H15NO2. The third-order valence-corrected chi connectivity index (χ3v) is 2.90. The highest BCUT2D eigenvalue weighted by molar-refractivity contribution is 4.96. The highest BCUT2D eigenvalue weighted by Gasteiger charge is 2.40. The molecule has 0 spiro atoms. The van der Waals surface area contributed by atoms with E-state index in [1.165, 1.54) is 0 Å². The predicted molar refractivity (Wildman–Crippen MR) is 44.3 cm³/mol. The lowest BCUT2D eigenvalue weighted by Gasteiger charge is -2.16. The summed E-state index contributed by atoms with van der Waals surface area (Å²) in [5, 5.41) is 17.8. The Labute approximate surface area is 73.0 Å². The van der Waals surface area contributed by atoms with E-state index in [-0.39, 0.29) is 18.1 Å². The first kappa shape index (κ1) is 9.50. The molecule has 1 saturated heterocycles. The van der Waals surface area contributed by atoms with Crippen molar-refractivity contribution in [2.24, 2.45) is 11.8 Å². The van der Waals surface area contributed by atoms with Gasteiger partial charge in [-0.3, -0.25) is 0 Å². The average molecular weight is 169 g/mol. The van der Waals surface area contributed by atoms with Gasteiger partial charge in [0.1, 0.15) is 6.10 Å². The standard InChI is InChI=1S/C9H15NO2/c1-5-6(2)9(8(11)4-10)12-7(5)3/h5-9,11H,1-3H3/t5-,6?,7-,8-,9+/m0/s1. The average Bonchev–Trinajstić information content (AvgIpc) is 2.32. The van der Waals surface area contributed by atoms with Crippen LogP contribution in [0.1, 0.15) is 20.8 Å². The number of aliphatic hydroxyl groups excluding tert-OH is 1. The minimum absolute atomic E-state index is 0.146. The van der Waals surface area contributed by atoms with Gasteiger partial charge in [0.05, 0.1) is 12.2 Å². The molecule has 1 unspecified atom stereocenters. The lowest BCUT2D eigenvalue weighted by Crippen LogP contribution is -2.29. The van der Waals surface area contributed by atoms with Gasteiger partial charge in [-0.05, 0) is 18.8 Å². The summed E-state index contributed by atoms with van der Waals surface area (Å²) < 4.78 is 5.47. The molecule has 0 aromatic carbocycles. The van der Waals surface area contributed by atoms with Gasteiger partial charge in [-0.1, -0.05) is 13.8 Å². The molecule has 1 heterocycles. The van der Waals surface area contributed by atoms with Crippen molar-refractivity contribution in [3.63, 3.8) is 0 Å². The SMILES string of the molecule is CC1[C@H]([C@@H](O)C#N)O[C@@H](C)[C@H]1C. The molecule has 3 nitrogen and oxygen atoms in total. The molecule has 5 atom stereocenters. The van der Waals surface area contributed by atoms with E-state index in [1.54, 1.807) is 0 Å². The lowest BCUT2D eigenvalue weighted by molar-refractivity contribution is -0.0189. The second-order valence-electron chi connectivity index (χ2n) is 3.60. The molecule has 1 aliphatic heterocycles. The Balaban J connectivity index is 2.65. The maximum Gasteiger partial charge on any atom is 0.166 e. The van der Waals surface area contributed by atoms with E-state index >= 15 is 0 Å². The Kier molecular flexibility index (Phi) is 2.71. The van der Waals surface area contributed by atoms with E-state index in [4.69, 9.17) is 10.00 Å². The molecule has 0 saturated carbocycles. The maximum absolute atomic E-state index is 9.28. The minimum Gasteiger partial charge on any atom is -0.375 e. The molecule has 0 aliphatic carbocycles. The second-order valence-corrected chi connectivity index (χ2v) is 3.60. The Bertz CT molecular complexity index is 199. The number of nitriles is 1. The lowest BCUT2D eigenvalue weighted by atomic mass is 9.89. The topological polar surface area (TPSA) is 53.2 Å². The van der Waals surface area contributed by atoms with Crippen molar-refractivity contribution in [3.05, 3.63) is 0 Å². The van der Waals surface area contributed by atoms with Gasteiger partial charge in [0.2, 0.25) is 0 Å². The zero-order chi connectivity index (χ0) is 9.30. The van der Waals surface area contributed by atoms with Crippen LogP contribution in [0.2, 0.25) is 0 Å². The summed E-state index contributed by atoms with van der Waals surface area (Å²) in [6.45, 7) is 6.07. The van der Waals surface area contributed by atoms with Gasteiger partial charge in [0, 0.05) is 0 Å². The largest absolute Gasteiger partial charge is 0.375 e. The van der Waals surface area contributed by atoms with Gasteiger partial charge in [-0.25, -0.2) is 0 Å². The van der Waals surface area contributed by atoms with Crippen LogP contribution in [0.15, 0.2) is 0 Å². The molecule has 1 rings (SSSR count). The molecule has 1 aliphatic rings. The third kappa shape index (κ3) is 1.45. The van der Waals surface area contributed by atoms with E-state index in [9.17, 15) is 5.11 Å². The molecule has 0 radical (unpaired) electrons. The first-order valence-corrected chi connectivity index (χ1v) is 4.31. The Morgan fingerprint density at radius 2 is 1.92 bits per heavy atom. The highest BCUT2D eigenvalue weighted by Crippen LogP contribution is 2.33. The van der Waals surface area contributed by atoms with Crippen LogP contribution in [0.3, 0.4) is 0 Å². The fourth-order valence-corrected chi connectivity index (χ4v) is 1.66. The normalized spacial score (nSPS) is 43.9. The van der Waals surface area contributed by atoms with Crippen LogP contribution >= 0.6 is 0 Å². The predicted octanol–water partition coefficient (Wildman–Crippen LogP) is 0.930.